The van der Waals surface area contributed by atoms with Gasteiger partial charge in [0.2, 0.25) is 11.8 Å². The van der Waals surface area contributed by atoms with Crippen molar-refractivity contribution in [2.45, 2.75) is 69.2 Å². The van der Waals surface area contributed by atoms with Crippen LogP contribution in [0.3, 0.4) is 0 Å². The zero-order valence-corrected chi connectivity index (χ0v) is 14.0. The van der Waals surface area contributed by atoms with E-state index >= 15 is 0 Å². The number of likely N-dealkylation sites (tertiary alicyclic amines) is 1. The second-order valence-corrected chi connectivity index (χ2v) is 7.54. The molecule has 1 saturated heterocycles. The van der Waals surface area contributed by atoms with Crippen molar-refractivity contribution in [3.63, 3.8) is 0 Å². The first kappa shape index (κ1) is 14.6. The largest absolute Gasteiger partial charge is 0.339 e. The quantitative estimate of drug-likeness (QED) is 0.833. The minimum absolute atomic E-state index is 0.141. The summed E-state index contributed by atoms with van der Waals surface area (Å²) in [4.78, 5) is 11.7. The average Bonchev–Trinajstić information content (AvgIpc) is 3.55. The molecule has 7 nitrogen and oxygen atoms in total. The molecule has 0 amide bonds. The molecule has 2 aromatic heterocycles. The Morgan fingerprint density at radius 1 is 0.917 bits per heavy atom. The van der Waals surface area contributed by atoms with Gasteiger partial charge in [-0.3, -0.25) is 4.90 Å². The minimum atomic E-state index is 0.141. The Kier molecular flexibility index (Phi) is 3.43. The third-order valence-electron chi connectivity index (χ3n) is 5.51. The van der Waals surface area contributed by atoms with Crippen LogP contribution in [0.2, 0.25) is 0 Å². The van der Waals surface area contributed by atoms with Gasteiger partial charge in [0.15, 0.2) is 11.6 Å². The van der Waals surface area contributed by atoms with Crippen molar-refractivity contribution >= 4 is 0 Å². The van der Waals surface area contributed by atoms with Crippen LogP contribution in [-0.2, 0) is 0 Å². The number of hydrogen-bond donors (Lipinski definition) is 0. The van der Waals surface area contributed by atoms with Crippen LogP contribution in [0.15, 0.2) is 9.05 Å². The lowest BCUT2D eigenvalue weighted by Gasteiger charge is -2.34. The maximum Gasteiger partial charge on any atom is 0.243 e. The van der Waals surface area contributed by atoms with Crippen LogP contribution in [0.4, 0.5) is 0 Å². The van der Waals surface area contributed by atoms with E-state index in [1.807, 2.05) is 0 Å². The van der Waals surface area contributed by atoms with E-state index in [0.717, 1.165) is 49.4 Å². The zero-order valence-electron chi connectivity index (χ0n) is 14.0. The molecule has 0 spiro atoms. The molecule has 0 N–H and O–H groups in total. The highest BCUT2D eigenvalue weighted by Gasteiger charge is 2.35. The molecule has 1 aliphatic heterocycles. The van der Waals surface area contributed by atoms with Gasteiger partial charge in [-0.2, -0.15) is 9.97 Å². The maximum atomic E-state index is 5.51. The number of piperidine rings is 1. The first-order valence-corrected chi connectivity index (χ1v) is 9.19. The third-order valence-corrected chi connectivity index (χ3v) is 5.51. The standard InChI is InChI=1S/C17H23N5O2/c1-10(16-18-14(20-23-16)11-4-5-11)22-8-2-3-13(9-22)15-19-17(24-21-15)12-6-7-12/h10-13H,2-9H2,1H3/t10-,13+/m1/s1. The van der Waals surface area contributed by atoms with Crippen molar-refractivity contribution in [3.8, 4) is 0 Å². The third kappa shape index (κ3) is 2.75. The molecule has 7 heteroatoms. The van der Waals surface area contributed by atoms with E-state index in [-0.39, 0.29) is 6.04 Å². The molecule has 0 aromatic carbocycles. The van der Waals surface area contributed by atoms with Crippen LogP contribution in [-0.4, -0.2) is 38.3 Å². The van der Waals surface area contributed by atoms with Crippen LogP contribution in [0, 0.1) is 0 Å². The van der Waals surface area contributed by atoms with Gasteiger partial charge in [0.1, 0.15) is 0 Å². The van der Waals surface area contributed by atoms with Gasteiger partial charge in [0.25, 0.3) is 0 Å². The molecular formula is C17H23N5O2. The SMILES string of the molecule is C[C@H](c1nc(C2CC2)no1)N1CCC[C@H](c2noc(C3CC3)n2)C1. The Morgan fingerprint density at radius 2 is 1.67 bits per heavy atom. The molecule has 0 radical (unpaired) electrons. The summed E-state index contributed by atoms with van der Waals surface area (Å²) in [6.45, 7) is 4.12. The van der Waals surface area contributed by atoms with Crippen molar-refractivity contribution in [1.29, 1.82) is 0 Å². The molecule has 2 atom stereocenters. The summed E-state index contributed by atoms with van der Waals surface area (Å²) in [6, 6.07) is 0.141. The van der Waals surface area contributed by atoms with Crippen LogP contribution in [0.5, 0.6) is 0 Å². The molecule has 2 aromatic rings. The van der Waals surface area contributed by atoms with Gasteiger partial charge in [0.05, 0.1) is 6.04 Å². The van der Waals surface area contributed by atoms with Gasteiger partial charge in [-0.05, 0) is 52.0 Å². The number of nitrogens with zero attached hydrogens (tertiary/aromatic N) is 5. The van der Waals surface area contributed by atoms with Gasteiger partial charge in [0, 0.05) is 24.3 Å². The summed E-state index contributed by atoms with van der Waals surface area (Å²) < 4.78 is 11.0. The van der Waals surface area contributed by atoms with Gasteiger partial charge < -0.3 is 9.05 Å². The topological polar surface area (TPSA) is 81.1 Å². The van der Waals surface area contributed by atoms with Gasteiger partial charge in [-0.25, -0.2) is 0 Å². The Balaban J connectivity index is 1.28. The fraction of sp³-hybridized carbons (Fsp3) is 0.765. The van der Waals surface area contributed by atoms with Crippen LogP contribution in [0.25, 0.3) is 0 Å². The molecule has 24 heavy (non-hydrogen) atoms. The summed E-state index contributed by atoms with van der Waals surface area (Å²) >= 11 is 0. The molecule has 0 bridgehead atoms. The monoisotopic (exact) mass is 329 g/mol. The van der Waals surface area contributed by atoms with Crippen LogP contribution in [0.1, 0.15) is 92.7 Å². The smallest absolute Gasteiger partial charge is 0.243 e. The Bertz CT molecular complexity index is 670. The number of rotatable bonds is 5. The summed E-state index contributed by atoms with van der Waals surface area (Å²) in [5, 5.41) is 8.39. The van der Waals surface area contributed by atoms with Crippen molar-refractivity contribution in [3.05, 3.63) is 23.4 Å². The molecule has 2 aliphatic carbocycles. The highest BCUT2D eigenvalue weighted by atomic mass is 16.5. The Hall–Kier alpha value is -1.76. The van der Waals surface area contributed by atoms with Crippen molar-refractivity contribution in [1.82, 2.24) is 25.2 Å². The summed E-state index contributed by atoms with van der Waals surface area (Å²) in [6.07, 6.45) is 7.02. The Labute approximate surface area is 140 Å². The lowest BCUT2D eigenvalue weighted by Crippen LogP contribution is -2.36. The second kappa shape index (κ2) is 5.65. The minimum Gasteiger partial charge on any atom is -0.339 e. The fourth-order valence-corrected chi connectivity index (χ4v) is 3.56. The molecule has 2 saturated carbocycles. The number of hydrogen-bond acceptors (Lipinski definition) is 7. The molecule has 3 fully saturated rings. The number of aromatic nitrogens is 4. The van der Waals surface area contributed by atoms with E-state index in [2.05, 4.69) is 32.1 Å². The van der Waals surface area contributed by atoms with E-state index in [1.165, 1.54) is 25.7 Å². The van der Waals surface area contributed by atoms with Crippen LogP contribution >= 0.6 is 0 Å². The molecule has 128 valence electrons. The lowest BCUT2D eigenvalue weighted by molar-refractivity contribution is 0.130. The van der Waals surface area contributed by atoms with Crippen molar-refractivity contribution < 1.29 is 9.05 Å². The Morgan fingerprint density at radius 3 is 2.46 bits per heavy atom. The highest BCUT2D eigenvalue weighted by Crippen LogP contribution is 2.40. The highest BCUT2D eigenvalue weighted by molar-refractivity contribution is 5.07. The normalized spacial score (nSPS) is 26.6. The first-order valence-electron chi connectivity index (χ1n) is 9.19. The summed E-state index contributed by atoms with van der Waals surface area (Å²) in [5.41, 5.74) is 0. The molecule has 3 aliphatic rings. The van der Waals surface area contributed by atoms with Gasteiger partial charge in [-0.1, -0.05) is 10.3 Å². The van der Waals surface area contributed by atoms with Crippen LogP contribution < -0.4 is 0 Å². The maximum absolute atomic E-state index is 5.51. The predicted octanol–water partition coefficient (Wildman–Crippen LogP) is 3.15. The van der Waals surface area contributed by atoms with E-state index in [4.69, 9.17) is 9.05 Å². The summed E-state index contributed by atoms with van der Waals surface area (Å²) in [7, 11) is 0. The zero-order chi connectivity index (χ0) is 16.1. The van der Waals surface area contributed by atoms with E-state index in [1.54, 1.807) is 0 Å². The fourth-order valence-electron chi connectivity index (χ4n) is 3.56. The molecular weight excluding hydrogens is 306 g/mol. The predicted molar refractivity (Wildman–Crippen MR) is 84.5 cm³/mol. The second-order valence-electron chi connectivity index (χ2n) is 7.54. The first-order chi connectivity index (χ1) is 11.8. The van der Waals surface area contributed by atoms with E-state index in [9.17, 15) is 0 Å². The lowest BCUT2D eigenvalue weighted by atomic mass is 9.96. The molecule has 3 heterocycles. The van der Waals surface area contributed by atoms with Gasteiger partial charge >= 0.3 is 0 Å². The summed E-state index contributed by atoms with van der Waals surface area (Å²) in [5.74, 6) is 4.72. The van der Waals surface area contributed by atoms with Gasteiger partial charge in [-0.15, -0.1) is 0 Å². The van der Waals surface area contributed by atoms with Crippen molar-refractivity contribution in [2.75, 3.05) is 13.1 Å². The van der Waals surface area contributed by atoms with Crippen molar-refractivity contribution in [2.24, 2.45) is 0 Å². The molecule has 5 rings (SSSR count). The average molecular weight is 329 g/mol. The molecule has 0 unspecified atom stereocenters. The van der Waals surface area contributed by atoms with E-state index < -0.39 is 0 Å². The van der Waals surface area contributed by atoms with E-state index in [0.29, 0.717) is 17.8 Å².